The van der Waals surface area contributed by atoms with Gasteiger partial charge in [0.05, 0.1) is 6.54 Å². The Balaban J connectivity index is 1.17. The first-order chi connectivity index (χ1) is 16.5. The van der Waals surface area contributed by atoms with Crippen molar-refractivity contribution in [3.8, 4) is 11.5 Å². The van der Waals surface area contributed by atoms with Crippen LogP contribution in [0.1, 0.15) is 40.4 Å². The van der Waals surface area contributed by atoms with E-state index < -0.39 is 6.04 Å². The van der Waals surface area contributed by atoms with Crippen molar-refractivity contribution in [2.75, 3.05) is 11.9 Å². The Morgan fingerprint density at radius 3 is 2.26 bits per heavy atom. The zero-order valence-corrected chi connectivity index (χ0v) is 18.8. The van der Waals surface area contributed by atoms with Crippen LogP contribution in [0.25, 0.3) is 0 Å². The van der Waals surface area contributed by atoms with Gasteiger partial charge < -0.3 is 20.3 Å². The molecule has 3 aromatic carbocycles. The van der Waals surface area contributed by atoms with Crippen molar-refractivity contribution in [2.45, 2.75) is 31.8 Å². The van der Waals surface area contributed by atoms with E-state index in [1.165, 1.54) is 0 Å². The molecule has 1 fully saturated rings. The topological polar surface area (TPSA) is 87.7 Å². The van der Waals surface area contributed by atoms with E-state index in [-0.39, 0.29) is 30.3 Å². The fourth-order valence-electron chi connectivity index (χ4n) is 4.15. The van der Waals surface area contributed by atoms with Gasteiger partial charge in [-0.25, -0.2) is 0 Å². The second-order valence-electron chi connectivity index (χ2n) is 8.64. The monoisotopic (exact) mass is 455 g/mol. The Labute approximate surface area is 197 Å². The molecule has 1 heterocycles. The summed E-state index contributed by atoms with van der Waals surface area (Å²) in [5, 5.41) is 5.47. The number of hydrogen-bond donors (Lipinski definition) is 2. The van der Waals surface area contributed by atoms with Crippen LogP contribution in [0.5, 0.6) is 11.5 Å². The lowest BCUT2D eigenvalue weighted by molar-refractivity contribution is -0.127. The quantitative estimate of drug-likeness (QED) is 0.559. The largest absolute Gasteiger partial charge is 0.457 e. The van der Waals surface area contributed by atoms with Crippen molar-refractivity contribution in [2.24, 2.45) is 0 Å². The molecule has 1 atom stereocenters. The summed E-state index contributed by atoms with van der Waals surface area (Å²) in [4.78, 5) is 39.9. The lowest BCUT2D eigenvalue weighted by Crippen LogP contribution is -2.42. The fourth-order valence-corrected chi connectivity index (χ4v) is 4.15. The highest BCUT2D eigenvalue weighted by atomic mass is 16.5. The lowest BCUT2D eigenvalue weighted by atomic mass is 10.0. The molecule has 0 bridgehead atoms. The number of anilines is 1. The minimum atomic E-state index is -0.692. The van der Waals surface area contributed by atoms with Gasteiger partial charge in [-0.3, -0.25) is 14.4 Å². The van der Waals surface area contributed by atoms with E-state index in [0.717, 1.165) is 24.2 Å². The summed E-state index contributed by atoms with van der Waals surface area (Å²) in [7, 11) is 0. The van der Waals surface area contributed by atoms with Crippen LogP contribution >= 0.6 is 0 Å². The fraction of sp³-hybridized carbons (Fsp3) is 0.222. The summed E-state index contributed by atoms with van der Waals surface area (Å²) in [6.07, 6.45) is 1.79. The number of hydrogen-bond acceptors (Lipinski definition) is 4. The van der Waals surface area contributed by atoms with Crippen molar-refractivity contribution in [3.05, 3.63) is 89.5 Å². The van der Waals surface area contributed by atoms with Crippen LogP contribution in [0.2, 0.25) is 0 Å². The molecule has 172 valence electrons. The molecule has 1 unspecified atom stereocenters. The van der Waals surface area contributed by atoms with Gasteiger partial charge in [-0.15, -0.1) is 0 Å². The molecule has 0 aromatic heterocycles. The molecule has 3 aromatic rings. The van der Waals surface area contributed by atoms with Gasteiger partial charge in [-0.2, -0.15) is 0 Å². The van der Waals surface area contributed by atoms with E-state index >= 15 is 0 Å². The SMILES string of the molecule is Cc1ccc(Oc2ccc(NC(=O)CNC(=O)C3c4ccccc4C(=O)N3C3CC3)cc2)cc1. The molecule has 0 radical (unpaired) electrons. The average molecular weight is 456 g/mol. The number of nitrogens with one attached hydrogen (secondary N) is 2. The number of fused-ring (bicyclic) bond motifs is 1. The summed E-state index contributed by atoms with van der Waals surface area (Å²) < 4.78 is 5.80. The Hall–Kier alpha value is -4.13. The van der Waals surface area contributed by atoms with Gasteiger partial charge in [0.1, 0.15) is 17.5 Å². The van der Waals surface area contributed by atoms with Gasteiger partial charge in [-0.1, -0.05) is 35.9 Å². The second-order valence-corrected chi connectivity index (χ2v) is 8.64. The Morgan fingerprint density at radius 2 is 1.59 bits per heavy atom. The standard InChI is InChI=1S/C27H25N3O4/c1-17-6-12-20(13-7-17)34-21-14-8-18(9-15-21)29-24(31)16-28-26(32)25-22-4-2-3-5-23(22)27(33)30(25)19-10-11-19/h2-9,12-15,19,25H,10-11,16H2,1H3,(H,28,32)(H,29,31). The van der Waals surface area contributed by atoms with Crippen LogP contribution in [-0.4, -0.2) is 35.2 Å². The van der Waals surface area contributed by atoms with Gasteiger partial charge in [0, 0.05) is 17.3 Å². The van der Waals surface area contributed by atoms with Crippen LogP contribution in [0.3, 0.4) is 0 Å². The van der Waals surface area contributed by atoms with E-state index in [4.69, 9.17) is 4.74 Å². The van der Waals surface area contributed by atoms with Crippen LogP contribution in [-0.2, 0) is 9.59 Å². The molecule has 0 spiro atoms. The number of carbonyl (C=O) groups is 3. The zero-order valence-electron chi connectivity index (χ0n) is 18.8. The van der Waals surface area contributed by atoms with Crippen molar-refractivity contribution < 1.29 is 19.1 Å². The van der Waals surface area contributed by atoms with E-state index in [2.05, 4.69) is 10.6 Å². The van der Waals surface area contributed by atoms with Crippen molar-refractivity contribution in [1.82, 2.24) is 10.2 Å². The summed E-state index contributed by atoms with van der Waals surface area (Å²) in [6.45, 7) is 1.82. The molecule has 1 aliphatic carbocycles. The molecule has 5 rings (SSSR count). The highest BCUT2D eigenvalue weighted by molar-refractivity contribution is 6.05. The molecule has 0 saturated heterocycles. The smallest absolute Gasteiger partial charge is 0.255 e. The summed E-state index contributed by atoms with van der Waals surface area (Å²) in [6, 6.07) is 21.3. The highest BCUT2D eigenvalue weighted by Crippen LogP contribution is 2.41. The summed E-state index contributed by atoms with van der Waals surface area (Å²) >= 11 is 0. The number of rotatable bonds is 7. The van der Waals surface area contributed by atoms with Crippen molar-refractivity contribution in [1.29, 1.82) is 0 Å². The molecule has 7 heteroatoms. The number of aryl methyl sites for hydroxylation is 1. The normalized spacial score (nSPS) is 16.7. The zero-order chi connectivity index (χ0) is 23.7. The third-order valence-electron chi connectivity index (χ3n) is 6.01. The van der Waals surface area contributed by atoms with Gasteiger partial charge in [0.2, 0.25) is 11.8 Å². The first-order valence-corrected chi connectivity index (χ1v) is 11.3. The van der Waals surface area contributed by atoms with Crippen molar-refractivity contribution >= 4 is 23.4 Å². The first-order valence-electron chi connectivity index (χ1n) is 11.3. The van der Waals surface area contributed by atoms with Gasteiger partial charge in [-0.05, 0) is 67.8 Å². The number of carbonyl (C=O) groups excluding carboxylic acids is 3. The van der Waals surface area contributed by atoms with E-state index in [1.54, 1.807) is 47.4 Å². The van der Waals surface area contributed by atoms with Gasteiger partial charge in [0.15, 0.2) is 0 Å². The summed E-state index contributed by atoms with van der Waals surface area (Å²) in [5.41, 5.74) is 3.01. The Morgan fingerprint density at radius 1 is 0.941 bits per heavy atom. The molecule has 1 aliphatic heterocycles. The molecule has 1 saturated carbocycles. The van der Waals surface area contributed by atoms with Gasteiger partial charge >= 0.3 is 0 Å². The lowest BCUT2D eigenvalue weighted by Gasteiger charge is -2.24. The maximum absolute atomic E-state index is 13.0. The number of ether oxygens (including phenoxy) is 1. The summed E-state index contributed by atoms with van der Waals surface area (Å²) in [5.74, 6) is 0.575. The highest BCUT2D eigenvalue weighted by Gasteiger charge is 2.47. The van der Waals surface area contributed by atoms with Crippen LogP contribution < -0.4 is 15.4 Å². The number of nitrogens with zero attached hydrogens (tertiary/aromatic N) is 1. The Kier molecular flexibility index (Phi) is 5.76. The number of benzene rings is 3. The third-order valence-corrected chi connectivity index (χ3v) is 6.01. The third kappa shape index (κ3) is 4.50. The maximum Gasteiger partial charge on any atom is 0.255 e. The molecule has 3 amide bonds. The minimum Gasteiger partial charge on any atom is -0.457 e. The van der Waals surface area contributed by atoms with E-state index in [0.29, 0.717) is 22.6 Å². The van der Waals surface area contributed by atoms with Crippen molar-refractivity contribution in [3.63, 3.8) is 0 Å². The average Bonchev–Trinajstić information content (AvgIpc) is 3.64. The van der Waals surface area contributed by atoms with Gasteiger partial charge in [0.25, 0.3) is 5.91 Å². The number of amides is 3. The molecule has 34 heavy (non-hydrogen) atoms. The van der Waals surface area contributed by atoms with E-state index in [9.17, 15) is 14.4 Å². The molecular weight excluding hydrogens is 430 g/mol. The minimum absolute atomic E-state index is 0.0881. The molecule has 7 nitrogen and oxygen atoms in total. The van der Waals surface area contributed by atoms with Crippen LogP contribution in [0.4, 0.5) is 5.69 Å². The van der Waals surface area contributed by atoms with Crippen LogP contribution in [0, 0.1) is 6.92 Å². The molecule has 2 aliphatic rings. The second kappa shape index (κ2) is 9.02. The first kappa shape index (κ1) is 21.7. The van der Waals surface area contributed by atoms with Crippen LogP contribution in [0.15, 0.2) is 72.8 Å². The maximum atomic E-state index is 13.0. The predicted octanol–water partition coefficient (Wildman–Crippen LogP) is 4.20. The predicted molar refractivity (Wildman–Crippen MR) is 128 cm³/mol. The van der Waals surface area contributed by atoms with E-state index in [1.807, 2.05) is 37.3 Å². The Bertz CT molecular complexity index is 1230. The molecular formula is C27H25N3O4. The molecule has 2 N–H and O–H groups in total.